The molecule has 0 heterocycles. The molecule has 0 aromatic rings. The molecule has 0 aromatic carbocycles. The fourth-order valence-corrected chi connectivity index (χ4v) is 6.41. The highest BCUT2D eigenvalue weighted by molar-refractivity contribution is 4.53. The van der Waals surface area contributed by atoms with E-state index in [0.717, 1.165) is 12.8 Å². The molecule has 0 aliphatic rings. The lowest BCUT2D eigenvalue weighted by Crippen LogP contribution is -1.85. The van der Waals surface area contributed by atoms with Gasteiger partial charge in [0, 0.05) is 13.2 Å². The van der Waals surface area contributed by atoms with Crippen molar-refractivity contribution in [1.29, 1.82) is 0 Å². The van der Waals surface area contributed by atoms with E-state index in [-0.39, 0.29) is 0 Å². The Morgan fingerprint density at radius 1 is 0.122 bits per heavy atom. The second-order valence-corrected chi connectivity index (χ2v) is 13.5. The molecule has 2 heteroatoms. The molecule has 0 amide bonds. The highest BCUT2D eigenvalue weighted by Gasteiger charge is 1.97. The van der Waals surface area contributed by atoms with Gasteiger partial charge in [-0.05, 0) is 12.8 Å². The minimum atomic E-state index is 0.372. The SMILES string of the molecule is OCCCCCCCCCCCCCCCCCCCCCCCCCCCCCCCCCCCCCCCO. The van der Waals surface area contributed by atoms with E-state index in [2.05, 4.69) is 0 Å². The van der Waals surface area contributed by atoms with E-state index < -0.39 is 0 Å². The third-order valence-electron chi connectivity index (χ3n) is 9.32. The number of unbranched alkanes of at least 4 members (excludes halogenated alkanes) is 36. The first-order valence-electron chi connectivity index (χ1n) is 19.6. The van der Waals surface area contributed by atoms with Crippen LogP contribution in [0.25, 0.3) is 0 Å². The molecule has 0 spiro atoms. The van der Waals surface area contributed by atoms with Crippen molar-refractivity contribution >= 4 is 0 Å². The monoisotopic (exact) mass is 581 g/mol. The average molecular weight is 581 g/mol. The van der Waals surface area contributed by atoms with Crippen molar-refractivity contribution in [1.82, 2.24) is 0 Å². The Kier molecular flexibility index (Phi) is 39.8. The Balaban J connectivity index is 3.02. The van der Waals surface area contributed by atoms with Crippen molar-refractivity contribution < 1.29 is 10.2 Å². The average Bonchev–Trinajstić information content (AvgIpc) is 2.98. The summed E-state index contributed by atoms with van der Waals surface area (Å²) in [5.41, 5.74) is 0. The van der Waals surface area contributed by atoms with Crippen LogP contribution in [0, 0.1) is 0 Å². The number of aliphatic hydroxyl groups is 2. The summed E-state index contributed by atoms with van der Waals surface area (Å²) in [6.07, 6.45) is 52.2. The van der Waals surface area contributed by atoms with Gasteiger partial charge in [0.15, 0.2) is 0 Å². The van der Waals surface area contributed by atoms with Gasteiger partial charge in [-0.1, -0.05) is 225 Å². The van der Waals surface area contributed by atoms with E-state index in [1.807, 2.05) is 0 Å². The summed E-state index contributed by atoms with van der Waals surface area (Å²) in [6.45, 7) is 0.744. The molecule has 0 bridgehead atoms. The van der Waals surface area contributed by atoms with Gasteiger partial charge in [-0.3, -0.25) is 0 Å². The zero-order chi connectivity index (χ0) is 29.6. The van der Waals surface area contributed by atoms with Crippen molar-refractivity contribution in [2.45, 2.75) is 238 Å². The van der Waals surface area contributed by atoms with Crippen LogP contribution in [0.15, 0.2) is 0 Å². The quantitative estimate of drug-likeness (QED) is 0.0713. The molecule has 0 radical (unpaired) electrons. The Morgan fingerprint density at radius 2 is 0.195 bits per heavy atom. The van der Waals surface area contributed by atoms with Crippen molar-refractivity contribution in [3.05, 3.63) is 0 Å². The van der Waals surface area contributed by atoms with Gasteiger partial charge in [-0.2, -0.15) is 0 Å². The molecule has 0 atom stereocenters. The minimum Gasteiger partial charge on any atom is -0.396 e. The first kappa shape index (κ1) is 40.9. The van der Waals surface area contributed by atoms with Gasteiger partial charge in [0.25, 0.3) is 0 Å². The van der Waals surface area contributed by atoms with Crippen LogP contribution < -0.4 is 0 Å². The summed E-state index contributed by atoms with van der Waals surface area (Å²) in [5.74, 6) is 0. The molecule has 0 unspecified atom stereocenters. The van der Waals surface area contributed by atoms with E-state index in [4.69, 9.17) is 10.2 Å². The topological polar surface area (TPSA) is 40.5 Å². The molecule has 2 N–H and O–H groups in total. The van der Waals surface area contributed by atoms with Gasteiger partial charge in [0.2, 0.25) is 0 Å². The molecule has 0 aromatic heterocycles. The summed E-state index contributed by atoms with van der Waals surface area (Å²) < 4.78 is 0. The third-order valence-corrected chi connectivity index (χ3v) is 9.32. The first-order chi connectivity index (χ1) is 20.4. The highest BCUT2D eigenvalue weighted by Crippen LogP contribution is 2.17. The zero-order valence-electron chi connectivity index (χ0n) is 28.5. The lowest BCUT2D eigenvalue weighted by atomic mass is 10.0. The van der Waals surface area contributed by atoms with Gasteiger partial charge in [-0.15, -0.1) is 0 Å². The minimum absolute atomic E-state index is 0.372. The van der Waals surface area contributed by atoms with Crippen molar-refractivity contribution in [2.75, 3.05) is 13.2 Å². The standard InChI is InChI=1S/C39H80O2/c40-38-36-34-32-30-28-26-24-22-20-18-16-14-12-10-8-6-4-2-1-3-5-7-9-11-13-15-17-19-21-23-25-27-29-31-33-35-37-39-41/h40-41H,1-39H2. The van der Waals surface area contributed by atoms with Crippen LogP contribution in [0.2, 0.25) is 0 Å². The van der Waals surface area contributed by atoms with E-state index in [9.17, 15) is 0 Å². The van der Waals surface area contributed by atoms with Crippen LogP contribution in [0.1, 0.15) is 238 Å². The predicted octanol–water partition coefficient (Wildman–Crippen LogP) is 13.4. The van der Waals surface area contributed by atoms with Crippen LogP contribution in [-0.4, -0.2) is 23.4 Å². The van der Waals surface area contributed by atoms with E-state index in [0.29, 0.717) is 13.2 Å². The van der Waals surface area contributed by atoms with Crippen LogP contribution in [0.5, 0.6) is 0 Å². The van der Waals surface area contributed by atoms with Gasteiger partial charge < -0.3 is 10.2 Å². The molecule has 248 valence electrons. The molecule has 0 fully saturated rings. The van der Waals surface area contributed by atoms with E-state index in [1.54, 1.807) is 0 Å². The molecule has 0 aliphatic carbocycles. The van der Waals surface area contributed by atoms with E-state index >= 15 is 0 Å². The zero-order valence-corrected chi connectivity index (χ0v) is 28.5. The van der Waals surface area contributed by atoms with Gasteiger partial charge in [0.1, 0.15) is 0 Å². The molecule has 0 rings (SSSR count). The van der Waals surface area contributed by atoms with Crippen molar-refractivity contribution in [2.24, 2.45) is 0 Å². The number of aliphatic hydroxyl groups excluding tert-OH is 2. The van der Waals surface area contributed by atoms with Gasteiger partial charge in [-0.25, -0.2) is 0 Å². The fourth-order valence-electron chi connectivity index (χ4n) is 6.41. The van der Waals surface area contributed by atoms with Crippen LogP contribution in [0.3, 0.4) is 0 Å². The lowest BCUT2D eigenvalue weighted by Gasteiger charge is -2.05. The maximum absolute atomic E-state index is 8.79. The summed E-state index contributed by atoms with van der Waals surface area (Å²) in [4.78, 5) is 0. The number of hydrogen-bond acceptors (Lipinski definition) is 2. The van der Waals surface area contributed by atoms with E-state index in [1.165, 1.54) is 225 Å². The van der Waals surface area contributed by atoms with Crippen molar-refractivity contribution in [3.63, 3.8) is 0 Å². The molecule has 0 saturated carbocycles. The molecule has 0 saturated heterocycles. The van der Waals surface area contributed by atoms with Gasteiger partial charge >= 0.3 is 0 Å². The molecular weight excluding hydrogens is 500 g/mol. The number of rotatable bonds is 38. The highest BCUT2D eigenvalue weighted by atomic mass is 16.3. The molecule has 2 nitrogen and oxygen atoms in total. The fraction of sp³-hybridized carbons (Fsp3) is 1.00. The van der Waals surface area contributed by atoms with Crippen LogP contribution >= 0.6 is 0 Å². The lowest BCUT2D eigenvalue weighted by molar-refractivity contribution is 0.282. The van der Waals surface area contributed by atoms with Crippen molar-refractivity contribution in [3.8, 4) is 0 Å². The molecule has 41 heavy (non-hydrogen) atoms. The predicted molar refractivity (Wildman–Crippen MR) is 185 cm³/mol. The molecule has 0 aliphatic heterocycles. The second-order valence-electron chi connectivity index (χ2n) is 13.5. The molecular formula is C39H80O2. The van der Waals surface area contributed by atoms with Crippen LogP contribution in [0.4, 0.5) is 0 Å². The first-order valence-corrected chi connectivity index (χ1v) is 19.6. The largest absolute Gasteiger partial charge is 0.396 e. The number of hydrogen-bond donors (Lipinski definition) is 2. The Morgan fingerprint density at radius 3 is 0.268 bits per heavy atom. The summed E-state index contributed by atoms with van der Waals surface area (Å²) in [6, 6.07) is 0. The van der Waals surface area contributed by atoms with Gasteiger partial charge in [0.05, 0.1) is 0 Å². The Labute approximate surface area is 260 Å². The second kappa shape index (κ2) is 39.9. The third kappa shape index (κ3) is 39.9. The Hall–Kier alpha value is -0.0800. The summed E-state index contributed by atoms with van der Waals surface area (Å²) >= 11 is 0. The Bertz CT molecular complexity index is 386. The maximum Gasteiger partial charge on any atom is 0.0431 e. The smallest absolute Gasteiger partial charge is 0.0431 e. The normalized spacial score (nSPS) is 11.6. The summed E-state index contributed by atoms with van der Waals surface area (Å²) in [7, 11) is 0. The van der Waals surface area contributed by atoms with Crippen LogP contribution in [-0.2, 0) is 0 Å². The maximum atomic E-state index is 8.79. The summed E-state index contributed by atoms with van der Waals surface area (Å²) in [5, 5.41) is 17.6.